The largest absolute Gasteiger partial charge is 0.484 e. The van der Waals surface area contributed by atoms with Crippen molar-refractivity contribution < 1.29 is 14.3 Å². The molecule has 28 heavy (non-hydrogen) atoms. The van der Waals surface area contributed by atoms with Gasteiger partial charge in [0.1, 0.15) is 5.75 Å². The summed E-state index contributed by atoms with van der Waals surface area (Å²) in [5.74, 6) is 0.573. The van der Waals surface area contributed by atoms with Crippen LogP contribution in [0.5, 0.6) is 5.75 Å². The van der Waals surface area contributed by atoms with Crippen molar-refractivity contribution in [1.82, 2.24) is 10.6 Å². The fraction of sp³-hybridized carbons (Fsp3) is 0.333. The lowest BCUT2D eigenvalue weighted by Crippen LogP contribution is -2.30. The lowest BCUT2D eigenvalue weighted by molar-refractivity contribution is -0.123. The Balaban J connectivity index is 0.00000280. The molecule has 1 saturated carbocycles. The van der Waals surface area contributed by atoms with Gasteiger partial charge in [0, 0.05) is 18.3 Å². The van der Waals surface area contributed by atoms with Crippen LogP contribution in [0.2, 0.25) is 0 Å². The molecule has 1 aliphatic rings. The summed E-state index contributed by atoms with van der Waals surface area (Å²) in [5.41, 5.74) is 8.36. The smallest absolute Gasteiger partial charge is 0.258 e. The van der Waals surface area contributed by atoms with Gasteiger partial charge >= 0.3 is 0 Å². The highest BCUT2D eigenvalue weighted by atomic mass is 35.5. The fourth-order valence-electron chi connectivity index (χ4n) is 2.63. The van der Waals surface area contributed by atoms with Gasteiger partial charge in [-0.05, 0) is 54.7 Å². The van der Waals surface area contributed by atoms with Crippen LogP contribution in [0.25, 0.3) is 0 Å². The van der Waals surface area contributed by atoms with E-state index in [0.717, 1.165) is 30.4 Å². The van der Waals surface area contributed by atoms with Gasteiger partial charge in [-0.25, -0.2) is 0 Å². The van der Waals surface area contributed by atoms with E-state index in [1.807, 2.05) is 36.4 Å². The van der Waals surface area contributed by atoms with Crippen LogP contribution in [0.4, 0.5) is 5.69 Å². The Hall–Kier alpha value is -2.73. The number of nitrogens with two attached hydrogens (primary N) is 1. The van der Waals surface area contributed by atoms with Crippen molar-refractivity contribution in [2.45, 2.75) is 31.7 Å². The van der Waals surface area contributed by atoms with Crippen molar-refractivity contribution in [2.24, 2.45) is 0 Å². The Morgan fingerprint density at radius 2 is 1.61 bits per heavy atom. The second-order valence-corrected chi connectivity index (χ2v) is 6.79. The summed E-state index contributed by atoms with van der Waals surface area (Å²) in [6, 6.07) is 15.2. The number of benzene rings is 2. The summed E-state index contributed by atoms with van der Waals surface area (Å²) >= 11 is 0. The third-order valence-corrected chi connectivity index (χ3v) is 4.32. The number of halogens is 1. The van der Waals surface area contributed by atoms with Crippen molar-refractivity contribution >= 4 is 29.9 Å². The van der Waals surface area contributed by atoms with Gasteiger partial charge in [0.25, 0.3) is 5.91 Å². The zero-order chi connectivity index (χ0) is 19.1. The van der Waals surface area contributed by atoms with Gasteiger partial charge in [-0.2, -0.15) is 0 Å². The molecule has 1 fully saturated rings. The van der Waals surface area contributed by atoms with E-state index in [2.05, 4.69) is 10.6 Å². The third kappa shape index (κ3) is 7.48. The molecule has 1 aliphatic carbocycles. The second-order valence-electron chi connectivity index (χ2n) is 6.79. The van der Waals surface area contributed by atoms with E-state index in [-0.39, 0.29) is 30.8 Å². The molecule has 150 valence electrons. The van der Waals surface area contributed by atoms with Crippen molar-refractivity contribution in [2.75, 3.05) is 18.9 Å². The molecule has 0 spiro atoms. The van der Waals surface area contributed by atoms with Crippen molar-refractivity contribution in [1.29, 1.82) is 0 Å². The van der Waals surface area contributed by atoms with Gasteiger partial charge in [0.2, 0.25) is 5.91 Å². The van der Waals surface area contributed by atoms with Crippen LogP contribution in [-0.4, -0.2) is 31.0 Å². The molecule has 0 radical (unpaired) electrons. The highest BCUT2D eigenvalue weighted by Gasteiger charge is 2.23. The van der Waals surface area contributed by atoms with Crippen LogP contribution in [-0.2, 0) is 22.4 Å². The van der Waals surface area contributed by atoms with Crippen molar-refractivity contribution in [3.63, 3.8) is 0 Å². The van der Waals surface area contributed by atoms with Gasteiger partial charge in [0.05, 0.1) is 6.42 Å². The minimum absolute atomic E-state index is 0. The van der Waals surface area contributed by atoms with Crippen molar-refractivity contribution in [3.05, 3.63) is 59.7 Å². The molecular weight excluding hydrogens is 378 g/mol. The van der Waals surface area contributed by atoms with E-state index in [1.54, 1.807) is 12.1 Å². The molecule has 7 heteroatoms. The van der Waals surface area contributed by atoms with E-state index in [1.165, 1.54) is 0 Å². The number of amides is 2. The van der Waals surface area contributed by atoms with Crippen molar-refractivity contribution in [3.8, 4) is 5.75 Å². The van der Waals surface area contributed by atoms with Gasteiger partial charge in [-0.15, -0.1) is 12.4 Å². The molecule has 0 atom stereocenters. The molecule has 0 bridgehead atoms. The van der Waals surface area contributed by atoms with Gasteiger partial charge in [-0.1, -0.05) is 24.3 Å². The standard InChI is InChI=1S/C21H25N3O3.ClH/c22-17-5-1-16(2-6-17)13-20(25)23-12-11-15-3-9-19(10-4-15)27-14-21(26)24-18-7-8-18;/h1-6,9-10,18H,7-8,11-14,22H2,(H,23,25)(H,24,26);1H. The fourth-order valence-corrected chi connectivity index (χ4v) is 2.63. The van der Waals surface area contributed by atoms with Crippen LogP contribution < -0.4 is 21.1 Å². The average Bonchev–Trinajstić information content (AvgIpc) is 3.47. The highest BCUT2D eigenvalue weighted by Crippen LogP contribution is 2.18. The number of anilines is 1. The van der Waals surface area contributed by atoms with Gasteiger partial charge in [-0.3, -0.25) is 9.59 Å². The molecule has 0 saturated heterocycles. The molecule has 0 aliphatic heterocycles. The summed E-state index contributed by atoms with van der Waals surface area (Å²) in [5, 5.41) is 5.80. The first kappa shape index (κ1) is 21.6. The molecule has 4 N–H and O–H groups in total. The van der Waals surface area contributed by atoms with Crippen LogP contribution >= 0.6 is 12.4 Å². The quantitative estimate of drug-likeness (QED) is 0.560. The van der Waals surface area contributed by atoms with Crippen LogP contribution in [0, 0.1) is 0 Å². The Kier molecular flexibility index (Phi) is 8.14. The predicted octanol–water partition coefficient (Wildman–Crippen LogP) is 2.25. The third-order valence-electron chi connectivity index (χ3n) is 4.32. The van der Waals surface area contributed by atoms with E-state index in [4.69, 9.17) is 10.5 Å². The SMILES string of the molecule is Cl.Nc1ccc(CC(=O)NCCc2ccc(OCC(=O)NC3CC3)cc2)cc1. The van der Waals surface area contributed by atoms with Crippen LogP contribution in [0.3, 0.4) is 0 Å². The maximum atomic E-state index is 12.0. The van der Waals surface area contributed by atoms with Crippen LogP contribution in [0.1, 0.15) is 24.0 Å². The number of nitrogens with one attached hydrogen (secondary N) is 2. The monoisotopic (exact) mass is 403 g/mol. The van der Waals surface area contributed by atoms with Gasteiger partial charge in [0.15, 0.2) is 6.61 Å². The number of rotatable bonds is 9. The minimum atomic E-state index is -0.0783. The number of carbonyl (C=O) groups excluding carboxylic acids is 2. The van der Waals surface area contributed by atoms with E-state index in [0.29, 0.717) is 30.4 Å². The zero-order valence-electron chi connectivity index (χ0n) is 15.6. The summed E-state index contributed by atoms with van der Waals surface area (Å²) in [4.78, 5) is 23.6. The normalized spacial score (nSPS) is 12.6. The minimum Gasteiger partial charge on any atom is -0.484 e. The Bertz CT molecular complexity index is 774. The average molecular weight is 404 g/mol. The molecular formula is C21H26ClN3O3. The van der Waals surface area contributed by atoms with E-state index >= 15 is 0 Å². The van der Waals surface area contributed by atoms with E-state index < -0.39 is 0 Å². The highest BCUT2D eigenvalue weighted by molar-refractivity contribution is 5.85. The summed E-state index contributed by atoms with van der Waals surface area (Å²) < 4.78 is 5.48. The Morgan fingerprint density at radius 1 is 0.964 bits per heavy atom. The molecule has 3 rings (SSSR count). The molecule has 0 aromatic heterocycles. The molecule has 2 aromatic carbocycles. The molecule has 2 amide bonds. The Morgan fingerprint density at radius 3 is 2.25 bits per heavy atom. The first-order valence-corrected chi connectivity index (χ1v) is 9.21. The zero-order valence-corrected chi connectivity index (χ0v) is 16.5. The lowest BCUT2D eigenvalue weighted by atomic mass is 10.1. The lowest BCUT2D eigenvalue weighted by Gasteiger charge is -2.08. The number of carbonyl (C=O) groups is 2. The topological polar surface area (TPSA) is 93.5 Å². The second kappa shape index (κ2) is 10.6. The molecule has 2 aromatic rings. The summed E-state index contributed by atoms with van der Waals surface area (Å²) in [6.45, 7) is 0.606. The molecule has 0 unspecified atom stereocenters. The maximum Gasteiger partial charge on any atom is 0.258 e. The Labute approximate surface area is 171 Å². The molecule has 0 heterocycles. The number of hydrogen-bond donors (Lipinski definition) is 3. The number of hydrogen-bond acceptors (Lipinski definition) is 4. The first-order chi connectivity index (χ1) is 13.1. The maximum absolute atomic E-state index is 12.0. The van der Waals surface area contributed by atoms with E-state index in [9.17, 15) is 9.59 Å². The summed E-state index contributed by atoms with van der Waals surface area (Å²) in [7, 11) is 0. The number of nitrogen functional groups attached to an aromatic ring is 1. The van der Waals surface area contributed by atoms with Gasteiger partial charge < -0.3 is 21.1 Å². The van der Waals surface area contributed by atoms with Crippen LogP contribution in [0.15, 0.2) is 48.5 Å². The first-order valence-electron chi connectivity index (χ1n) is 9.21. The summed E-state index contributed by atoms with van der Waals surface area (Å²) in [6.07, 6.45) is 3.21. The predicted molar refractivity (Wildman–Crippen MR) is 112 cm³/mol. The number of ether oxygens (including phenoxy) is 1. The molecule has 6 nitrogen and oxygen atoms in total.